The Labute approximate surface area is 95.0 Å². The summed E-state index contributed by atoms with van der Waals surface area (Å²) in [6.45, 7) is 4.52. The average molecular weight is 222 g/mol. The molecular weight excluding hydrogens is 204 g/mol. The van der Waals surface area contributed by atoms with Gasteiger partial charge in [-0.25, -0.2) is 0 Å². The molecule has 0 aliphatic heterocycles. The Morgan fingerprint density at radius 3 is 3.00 bits per heavy atom. The quantitative estimate of drug-likeness (QED) is 0.678. The van der Waals surface area contributed by atoms with Crippen LogP contribution < -0.4 is 10.6 Å². The summed E-state index contributed by atoms with van der Waals surface area (Å²) < 4.78 is 0. The van der Waals surface area contributed by atoms with Gasteiger partial charge in [0.1, 0.15) is 0 Å². The Balaban J connectivity index is 1.76. The van der Waals surface area contributed by atoms with Gasteiger partial charge in [-0.3, -0.25) is 9.89 Å². The van der Waals surface area contributed by atoms with Gasteiger partial charge >= 0.3 is 0 Å². The van der Waals surface area contributed by atoms with Crippen molar-refractivity contribution in [3.8, 4) is 0 Å². The zero-order valence-corrected chi connectivity index (χ0v) is 9.71. The average Bonchev–Trinajstić information content (AvgIpc) is 2.97. The second kappa shape index (κ2) is 4.65. The number of rotatable bonds is 5. The topological polar surface area (TPSA) is 69.8 Å². The number of amides is 1. The fourth-order valence-corrected chi connectivity index (χ4v) is 1.46. The van der Waals surface area contributed by atoms with Gasteiger partial charge in [-0.15, -0.1) is 0 Å². The maximum atomic E-state index is 11.6. The van der Waals surface area contributed by atoms with Crippen molar-refractivity contribution in [2.75, 3.05) is 0 Å². The molecule has 0 spiro atoms. The highest BCUT2D eigenvalue weighted by molar-refractivity contribution is 5.81. The van der Waals surface area contributed by atoms with Crippen LogP contribution in [-0.2, 0) is 11.3 Å². The fourth-order valence-electron chi connectivity index (χ4n) is 1.46. The zero-order valence-electron chi connectivity index (χ0n) is 9.71. The van der Waals surface area contributed by atoms with Crippen LogP contribution in [0.2, 0.25) is 0 Å². The first-order valence-corrected chi connectivity index (χ1v) is 5.69. The number of nitrogens with zero attached hydrogens (tertiary/aromatic N) is 1. The van der Waals surface area contributed by atoms with Crippen molar-refractivity contribution in [1.29, 1.82) is 0 Å². The van der Waals surface area contributed by atoms with Crippen LogP contribution in [0.3, 0.4) is 0 Å². The summed E-state index contributed by atoms with van der Waals surface area (Å²) in [5, 5.41) is 13.0. The lowest BCUT2D eigenvalue weighted by Crippen LogP contribution is -2.42. The number of aromatic amines is 1. The Morgan fingerprint density at radius 2 is 2.44 bits per heavy atom. The van der Waals surface area contributed by atoms with Gasteiger partial charge in [0, 0.05) is 23.8 Å². The molecule has 5 nitrogen and oxygen atoms in total. The molecule has 1 amide bonds. The summed E-state index contributed by atoms with van der Waals surface area (Å²) in [5.74, 6) is 0.0867. The standard InChI is InChI=1S/C11H18N4O/c1-7-9(6-13-15-7)5-12-8(2)11(16)14-10-3-4-10/h6,8,10,12H,3-5H2,1-2H3,(H,13,15)(H,14,16). The number of H-pyrrole nitrogens is 1. The van der Waals surface area contributed by atoms with Crippen LogP contribution in [-0.4, -0.2) is 28.2 Å². The molecule has 1 heterocycles. The molecule has 1 fully saturated rings. The third-order valence-corrected chi connectivity index (χ3v) is 2.85. The number of nitrogens with one attached hydrogen (secondary N) is 3. The number of carbonyl (C=O) groups excluding carboxylic acids is 1. The Hall–Kier alpha value is -1.36. The number of aromatic nitrogens is 2. The zero-order chi connectivity index (χ0) is 11.5. The van der Waals surface area contributed by atoms with Crippen LogP contribution in [0.15, 0.2) is 6.20 Å². The molecule has 5 heteroatoms. The molecule has 1 unspecified atom stereocenters. The minimum Gasteiger partial charge on any atom is -0.352 e. The van der Waals surface area contributed by atoms with Gasteiger partial charge in [0.05, 0.1) is 12.2 Å². The van der Waals surface area contributed by atoms with Gasteiger partial charge in [-0.1, -0.05) is 0 Å². The summed E-state index contributed by atoms with van der Waals surface area (Å²) in [7, 11) is 0. The number of hydrogen-bond donors (Lipinski definition) is 3. The Morgan fingerprint density at radius 1 is 1.69 bits per heavy atom. The minimum atomic E-state index is -0.157. The molecule has 1 aliphatic rings. The van der Waals surface area contributed by atoms with E-state index in [2.05, 4.69) is 20.8 Å². The van der Waals surface area contributed by atoms with Crippen LogP contribution in [0.4, 0.5) is 0 Å². The molecule has 1 aliphatic carbocycles. The van der Waals surface area contributed by atoms with E-state index in [4.69, 9.17) is 0 Å². The van der Waals surface area contributed by atoms with Gasteiger partial charge < -0.3 is 10.6 Å². The molecular formula is C11H18N4O. The molecule has 1 saturated carbocycles. The molecule has 16 heavy (non-hydrogen) atoms. The van der Waals surface area contributed by atoms with E-state index in [1.165, 1.54) is 0 Å². The van der Waals surface area contributed by atoms with Crippen molar-refractivity contribution >= 4 is 5.91 Å². The summed E-state index contributed by atoms with van der Waals surface area (Å²) in [6.07, 6.45) is 4.03. The molecule has 1 atom stereocenters. The normalized spacial score (nSPS) is 17.1. The van der Waals surface area contributed by atoms with E-state index in [1.54, 1.807) is 6.20 Å². The van der Waals surface area contributed by atoms with Gasteiger partial charge in [-0.2, -0.15) is 5.10 Å². The number of hydrogen-bond acceptors (Lipinski definition) is 3. The molecule has 1 aromatic heterocycles. The third kappa shape index (κ3) is 2.82. The molecule has 3 N–H and O–H groups in total. The van der Waals surface area contributed by atoms with Crippen LogP contribution in [0.25, 0.3) is 0 Å². The summed E-state index contributed by atoms with van der Waals surface area (Å²) in [6, 6.07) is 0.266. The first-order chi connectivity index (χ1) is 7.66. The van der Waals surface area contributed by atoms with Gasteiger partial charge in [0.25, 0.3) is 0 Å². The maximum absolute atomic E-state index is 11.6. The molecule has 88 valence electrons. The van der Waals surface area contributed by atoms with Crippen molar-refractivity contribution in [1.82, 2.24) is 20.8 Å². The van der Waals surface area contributed by atoms with Crippen LogP contribution in [0.5, 0.6) is 0 Å². The molecule has 1 aromatic rings. The van der Waals surface area contributed by atoms with Crippen molar-refractivity contribution in [2.24, 2.45) is 0 Å². The second-order valence-corrected chi connectivity index (χ2v) is 4.41. The predicted octanol–water partition coefficient (Wildman–Crippen LogP) is 0.475. The lowest BCUT2D eigenvalue weighted by atomic mass is 10.2. The lowest BCUT2D eigenvalue weighted by molar-refractivity contribution is -0.122. The third-order valence-electron chi connectivity index (χ3n) is 2.85. The predicted molar refractivity (Wildman–Crippen MR) is 60.8 cm³/mol. The van der Waals surface area contributed by atoms with E-state index in [-0.39, 0.29) is 11.9 Å². The van der Waals surface area contributed by atoms with E-state index in [0.717, 1.165) is 24.1 Å². The van der Waals surface area contributed by atoms with E-state index in [9.17, 15) is 4.79 Å². The van der Waals surface area contributed by atoms with E-state index in [1.807, 2.05) is 13.8 Å². The highest BCUT2D eigenvalue weighted by Crippen LogP contribution is 2.18. The number of aryl methyl sites for hydroxylation is 1. The summed E-state index contributed by atoms with van der Waals surface area (Å²) in [4.78, 5) is 11.6. The van der Waals surface area contributed by atoms with E-state index >= 15 is 0 Å². The number of carbonyl (C=O) groups is 1. The van der Waals surface area contributed by atoms with Crippen molar-refractivity contribution in [3.63, 3.8) is 0 Å². The van der Waals surface area contributed by atoms with Crippen molar-refractivity contribution in [3.05, 3.63) is 17.5 Å². The summed E-state index contributed by atoms with van der Waals surface area (Å²) in [5.41, 5.74) is 2.15. The Bertz CT molecular complexity index is 370. The van der Waals surface area contributed by atoms with Crippen LogP contribution >= 0.6 is 0 Å². The second-order valence-electron chi connectivity index (χ2n) is 4.41. The monoisotopic (exact) mass is 222 g/mol. The molecule has 0 saturated heterocycles. The smallest absolute Gasteiger partial charge is 0.237 e. The van der Waals surface area contributed by atoms with Gasteiger partial charge in [0.2, 0.25) is 5.91 Å². The molecule has 2 rings (SSSR count). The van der Waals surface area contributed by atoms with E-state index < -0.39 is 0 Å². The first kappa shape index (κ1) is 11.1. The van der Waals surface area contributed by atoms with Crippen molar-refractivity contribution in [2.45, 2.75) is 45.3 Å². The SMILES string of the molecule is Cc1[nH]ncc1CNC(C)C(=O)NC1CC1. The Kier molecular flexibility index (Phi) is 3.24. The molecule has 0 radical (unpaired) electrons. The van der Waals surface area contributed by atoms with Crippen LogP contribution in [0, 0.1) is 6.92 Å². The van der Waals surface area contributed by atoms with Crippen molar-refractivity contribution < 1.29 is 4.79 Å². The van der Waals surface area contributed by atoms with Gasteiger partial charge in [-0.05, 0) is 26.7 Å². The first-order valence-electron chi connectivity index (χ1n) is 5.69. The lowest BCUT2D eigenvalue weighted by Gasteiger charge is -2.13. The van der Waals surface area contributed by atoms with Crippen LogP contribution in [0.1, 0.15) is 31.0 Å². The largest absolute Gasteiger partial charge is 0.352 e. The molecule has 0 aromatic carbocycles. The summed E-state index contributed by atoms with van der Waals surface area (Å²) >= 11 is 0. The van der Waals surface area contributed by atoms with Gasteiger partial charge in [0.15, 0.2) is 0 Å². The maximum Gasteiger partial charge on any atom is 0.237 e. The fraction of sp³-hybridized carbons (Fsp3) is 0.636. The highest BCUT2D eigenvalue weighted by atomic mass is 16.2. The van der Waals surface area contributed by atoms with E-state index in [0.29, 0.717) is 12.6 Å². The highest BCUT2D eigenvalue weighted by Gasteiger charge is 2.25. The minimum absolute atomic E-state index is 0.0867. The molecule has 0 bridgehead atoms.